The molecule has 0 aliphatic heterocycles. The molecule has 6 aromatic heterocycles. The minimum Gasteiger partial charge on any atom is -0.397 e. The van der Waals surface area contributed by atoms with E-state index in [2.05, 4.69) is 122 Å². The van der Waals surface area contributed by atoms with Crippen molar-refractivity contribution in [3.8, 4) is 0 Å². The summed E-state index contributed by atoms with van der Waals surface area (Å²) in [5, 5.41) is 6.67. The van der Waals surface area contributed by atoms with Crippen molar-refractivity contribution in [2.24, 2.45) is 0 Å². The molecule has 0 unspecified atom stereocenters. The van der Waals surface area contributed by atoms with Crippen molar-refractivity contribution < 1.29 is 0 Å². The van der Waals surface area contributed by atoms with E-state index in [-0.39, 0.29) is 0 Å². The van der Waals surface area contributed by atoms with E-state index in [1.165, 1.54) is 0 Å². The second-order valence-electron chi connectivity index (χ2n) is 11.9. The van der Waals surface area contributed by atoms with E-state index in [1.54, 1.807) is 43.4 Å². The monoisotopic (exact) mass is 991 g/mol. The second kappa shape index (κ2) is 20.0. The first-order chi connectivity index (χ1) is 27.2. The summed E-state index contributed by atoms with van der Waals surface area (Å²) in [6.45, 7) is 0. The van der Waals surface area contributed by atoms with E-state index in [1.807, 2.05) is 110 Å². The molecule has 56 heavy (non-hydrogen) atoms. The van der Waals surface area contributed by atoms with Crippen LogP contribution >= 0.6 is 63.7 Å². The van der Waals surface area contributed by atoms with Gasteiger partial charge in [-0.2, -0.15) is 0 Å². The van der Waals surface area contributed by atoms with Gasteiger partial charge in [0.15, 0.2) is 0 Å². The molecule has 0 saturated heterocycles. The number of pyridine rings is 6. The van der Waals surface area contributed by atoms with E-state index in [4.69, 9.17) is 5.73 Å². The van der Waals surface area contributed by atoms with Gasteiger partial charge >= 0.3 is 0 Å². The molecule has 0 atom stereocenters. The summed E-state index contributed by atoms with van der Waals surface area (Å²) in [4.78, 5) is 27.4. The molecule has 6 heterocycles. The number of rotatable bonds is 4. The lowest BCUT2D eigenvalue weighted by Gasteiger charge is -2.20. The highest BCUT2D eigenvalue weighted by molar-refractivity contribution is 9.11. The number of benzene rings is 3. The van der Waals surface area contributed by atoms with Gasteiger partial charge in [0.2, 0.25) is 0 Å². The number of nitrogens with two attached hydrogens (primary N) is 1. The van der Waals surface area contributed by atoms with Crippen LogP contribution in [0.3, 0.4) is 0 Å². The summed E-state index contributed by atoms with van der Waals surface area (Å²) in [6.07, 6.45) is 16.0. The molecule has 0 radical (unpaired) electrons. The van der Waals surface area contributed by atoms with Crippen LogP contribution in [-0.2, 0) is 0 Å². The minimum atomic E-state index is 0.739. The molecule has 0 aliphatic rings. The fourth-order valence-electron chi connectivity index (χ4n) is 5.44. The Balaban J connectivity index is 0.000000133. The Kier molecular flexibility index (Phi) is 14.4. The van der Waals surface area contributed by atoms with Crippen molar-refractivity contribution in [3.05, 3.63) is 183 Å². The molecule has 0 saturated carbocycles. The van der Waals surface area contributed by atoms with Gasteiger partial charge in [0.25, 0.3) is 0 Å². The summed E-state index contributed by atoms with van der Waals surface area (Å²) >= 11 is 13.4. The number of fused-ring (bicyclic) bond motifs is 3. The van der Waals surface area contributed by atoms with E-state index in [0.29, 0.717) is 0 Å². The van der Waals surface area contributed by atoms with Gasteiger partial charge in [0.05, 0.1) is 57.4 Å². The highest BCUT2D eigenvalue weighted by Crippen LogP contribution is 2.30. The van der Waals surface area contributed by atoms with Crippen molar-refractivity contribution in [2.45, 2.75) is 0 Å². The zero-order valence-electron chi connectivity index (χ0n) is 29.8. The molecule has 9 aromatic rings. The molecule has 0 amide bonds. The molecule has 278 valence electrons. The molecule has 0 bridgehead atoms. The number of halogens is 4. The Morgan fingerprint density at radius 2 is 0.982 bits per heavy atom. The van der Waals surface area contributed by atoms with E-state index >= 15 is 0 Å². The van der Waals surface area contributed by atoms with Crippen molar-refractivity contribution in [1.29, 1.82) is 0 Å². The highest BCUT2D eigenvalue weighted by atomic mass is 79.9. The average molecular weight is 995 g/mol. The number of nitrogens with zero attached hydrogens (tertiary/aromatic N) is 7. The number of hydrogen-bond acceptors (Lipinski definition) is 9. The van der Waals surface area contributed by atoms with Crippen molar-refractivity contribution in [2.75, 3.05) is 23.0 Å². The maximum atomic E-state index is 5.69. The molecular formula is C43H33Br4N9. The summed E-state index contributed by atoms with van der Waals surface area (Å²) < 4.78 is 3.89. The number of para-hydroxylation sites is 3. The van der Waals surface area contributed by atoms with Gasteiger partial charge in [0, 0.05) is 84.5 Å². The fourth-order valence-corrected chi connectivity index (χ4v) is 7.19. The molecular weight excluding hydrogens is 962 g/mol. The van der Waals surface area contributed by atoms with Gasteiger partial charge in [-0.1, -0.05) is 54.6 Å². The average Bonchev–Trinajstić information content (AvgIpc) is 3.21. The predicted molar refractivity (Wildman–Crippen MR) is 244 cm³/mol. The van der Waals surface area contributed by atoms with Crippen LogP contribution in [0.4, 0.5) is 28.4 Å². The first-order valence-electron chi connectivity index (χ1n) is 17.0. The molecule has 3 aromatic carbocycles. The lowest BCUT2D eigenvalue weighted by atomic mass is 10.1. The number of anilines is 5. The molecule has 3 N–H and O–H groups in total. The Morgan fingerprint density at radius 1 is 0.500 bits per heavy atom. The van der Waals surface area contributed by atoms with Gasteiger partial charge in [-0.15, -0.1) is 0 Å². The predicted octanol–water partition coefficient (Wildman–Crippen LogP) is 12.7. The Morgan fingerprint density at radius 3 is 1.57 bits per heavy atom. The number of aromatic nitrogens is 6. The topological polar surface area (TPSA) is 119 Å². The van der Waals surface area contributed by atoms with Gasteiger partial charge < -0.3 is 16.0 Å². The first kappa shape index (κ1) is 40.3. The van der Waals surface area contributed by atoms with Crippen molar-refractivity contribution >= 4 is 125 Å². The zero-order chi connectivity index (χ0) is 39.3. The highest BCUT2D eigenvalue weighted by Gasteiger charge is 2.09. The number of hydrogen-bond donors (Lipinski definition) is 2. The summed E-state index contributed by atoms with van der Waals surface area (Å²) in [7, 11) is 2.02. The Hall–Kier alpha value is -5.34. The first-order valence-corrected chi connectivity index (χ1v) is 20.2. The fraction of sp³-hybridized carbons (Fsp3) is 0.0233. The molecule has 0 spiro atoms. The zero-order valence-corrected chi connectivity index (χ0v) is 36.2. The second-order valence-corrected chi connectivity index (χ2v) is 15.6. The summed E-state index contributed by atoms with van der Waals surface area (Å²) in [6, 6.07) is 35.9. The van der Waals surface area contributed by atoms with Crippen molar-refractivity contribution in [1.82, 2.24) is 29.9 Å². The Bertz CT molecular complexity index is 2660. The lowest BCUT2D eigenvalue weighted by molar-refractivity contribution is 1.17. The smallest absolute Gasteiger partial charge is 0.0938 e. The molecule has 0 fully saturated rings. The number of nitrogens with one attached hydrogen (secondary N) is 1. The molecule has 13 heteroatoms. The van der Waals surface area contributed by atoms with Crippen LogP contribution in [0.5, 0.6) is 0 Å². The standard InChI is InChI=1S/C15H12BrN3.C14H10BrN3.C9H8N2.C5H3Br2N/c1-19(13-8-12(16)9-17-10-13)14-6-2-4-11-5-3-7-18-15(11)14;15-11-7-12(9-16-8-11)18-13-5-1-3-10-4-2-6-17-14(10)13;10-8-5-1-3-7-4-2-6-11-9(7)8;6-4-1-5(7)3-8-2-4/h2-10H,1H3;1-9,18H;1-6H,10H2;1-3H. The number of nitrogen functional groups attached to an aromatic ring is 1. The molecule has 9 nitrogen and oxygen atoms in total. The maximum Gasteiger partial charge on any atom is 0.0938 e. The van der Waals surface area contributed by atoms with E-state index in [9.17, 15) is 0 Å². The van der Waals surface area contributed by atoms with Crippen LogP contribution in [0.15, 0.2) is 183 Å². The third-order valence-corrected chi connectivity index (χ3v) is 9.74. The lowest BCUT2D eigenvalue weighted by Crippen LogP contribution is -2.10. The van der Waals surface area contributed by atoms with Gasteiger partial charge in [-0.25, -0.2) is 0 Å². The minimum absolute atomic E-state index is 0.739. The quantitative estimate of drug-likeness (QED) is 0.166. The molecule has 9 rings (SSSR count). The van der Waals surface area contributed by atoms with Crippen LogP contribution in [0.1, 0.15) is 0 Å². The van der Waals surface area contributed by atoms with Crippen LogP contribution in [-0.4, -0.2) is 37.0 Å². The summed E-state index contributed by atoms with van der Waals surface area (Å²) in [5.74, 6) is 0. The van der Waals surface area contributed by atoms with Gasteiger partial charge in [0.1, 0.15) is 0 Å². The van der Waals surface area contributed by atoms with Gasteiger partial charge in [-0.3, -0.25) is 29.9 Å². The summed E-state index contributed by atoms with van der Waals surface area (Å²) in [5.41, 5.74) is 13.3. The van der Waals surface area contributed by atoms with Crippen LogP contribution in [0.2, 0.25) is 0 Å². The molecule has 0 aliphatic carbocycles. The maximum absolute atomic E-state index is 5.69. The Labute approximate surface area is 358 Å². The third kappa shape index (κ3) is 11.1. The van der Waals surface area contributed by atoms with Crippen LogP contribution < -0.4 is 16.0 Å². The third-order valence-electron chi connectivity index (χ3n) is 8.00. The normalized spacial score (nSPS) is 10.3. The van der Waals surface area contributed by atoms with Crippen LogP contribution in [0, 0.1) is 0 Å². The largest absolute Gasteiger partial charge is 0.397 e. The SMILES string of the molecule is Brc1cncc(Br)c1.Brc1cncc(Nc2cccc3cccnc23)c1.CN(c1cncc(Br)c1)c1cccc2cccnc12.Nc1cccc2cccnc12. The van der Waals surface area contributed by atoms with E-state index in [0.717, 1.165) is 79.0 Å². The van der Waals surface area contributed by atoms with Crippen LogP contribution in [0.25, 0.3) is 32.7 Å². The van der Waals surface area contributed by atoms with Gasteiger partial charge in [-0.05, 0) is 118 Å². The van der Waals surface area contributed by atoms with Crippen molar-refractivity contribution in [3.63, 3.8) is 0 Å². The van der Waals surface area contributed by atoms with E-state index < -0.39 is 0 Å².